The molecule has 4 rings (SSSR count). The minimum Gasteiger partial charge on any atom is -0.378 e. The molecule has 3 N–H and O–H groups in total. The van der Waals surface area contributed by atoms with Gasteiger partial charge >= 0.3 is 0 Å². The molecule has 3 aromatic rings. The Kier molecular flexibility index (Phi) is 5.74. The van der Waals surface area contributed by atoms with Crippen LogP contribution in [0.1, 0.15) is 40.9 Å². The van der Waals surface area contributed by atoms with Crippen molar-refractivity contribution in [3.05, 3.63) is 94.6 Å². The lowest BCUT2D eigenvalue weighted by Gasteiger charge is -2.33. The first-order valence-corrected chi connectivity index (χ1v) is 10.3. The Balaban J connectivity index is 1.54. The van der Waals surface area contributed by atoms with Crippen LogP contribution in [0.4, 0.5) is 20.2 Å². The number of anilines is 2. The van der Waals surface area contributed by atoms with Gasteiger partial charge in [0.1, 0.15) is 11.6 Å². The summed E-state index contributed by atoms with van der Waals surface area (Å²) < 4.78 is 27.6. The Morgan fingerprint density at radius 2 is 1.84 bits per heavy atom. The van der Waals surface area contributed by atoms with Crippen molar-refractivity contribution in [3.8, 4) is 0 Å². The number of hydrogen-bond acceptors (Lipinski definition) is 3. The average molecular weight is 421 g/mol. The van der Waals surface area contributed by atoms with E-state index in [2.05, 4.69) is 29.8 Å². The molecular weight excluding hydrogens is 396 g/mol. The summed E-state index contributed by atoms with van der Waals surface area (Å²) in [4.78, 5) is 13.0. The molecule has 1 aliphatic rings. The highest BCUT2D eigenvalue weighted by molar-refractivity contribution is 6.08. The van der Waals surface area contributed by atoms with Crippen LogP contribution in [0.5, 0.6) is 0 Å². The number of halogens is 2. The van der Waals surface area contributed by atoms with Crippen molar-refractivity contribution >= 4 is 17.3 Å². The molecule has 160 valence electrons. The van der Waals surface area contributed by atoms with Crippen LogP contribution in [0.3, 0.4) is 0 Å². The van der Waals surface area contributed by atoms with Crippen molar-refractivity contribution < 1.29 is 13.6 Å². The van der Waals surface area contributed by atoms with Gasteiger partial charge in [-0.15, -0.1) is 0 Å². The molecule has 0 radical (unpaired) electrons. The van der Waals surface area contributed by atoms with Crippen molar-refractivity contribution in [2.45, 2.75) is 32.4 Å². The molecule has 1 heterocycles. The van der Waals surface area contributed by atoms with Gasteiger partial charge in [0.25, 0.3) is 5.91 Å². The summed E-state index contributed by atoms with van der Waals surface area (Å²) in [5.74, 6) is -1.26. The van der Waals surface area contributed by atoms with Crippen molar-refractivity contribution in [2.24, 2.45) is 0 Å². The normalized spacial score (nSPS) is 14.6. The predicted molar refractivity (Wildman–Crippen MR) is 119 cm³/mol. The van der Waals surface area contributed by atoms with Gasteiger partial charge in [-0.2, -0.15) is 0 Å². The Morgan fingerprint density at radius 3 is 2.61 bits per heavy atom. The monoisotopic (exact) mass is 421 g/mol. The third-order valence-electron chi connectivity index (χ3n) is 5.62. The van der Waals surface area contributed by atoms with Crippen molar-refractivity contribution in [2.75, 3.05) is 17.2 Å². The van der Waals surface area contributed by atoms with Crippen LogP contribution >= 0.6 is 0 Å². The van der Waals surface area contributed by atoms with E-state index in [1.54, 1.807) is 18.2 Å². The lowest BCUT2D eigenvalue weighted by Crippen LogP contribution is -2.38. The quantitative estimate of drug-likeness (QED) is 0.530. The lowest BCUT2D eigenvalue weighted by atomic mass is 9.79. The van der Waals surface area contributed by atoms with Crippen LogP contribution < -0.4 is 16.0 Å². The zero-order valence-corrected chi connectivity index (χ0v) is 17.6. The second-order valence-corrected chi connectivity index (χ2v) is 8.46. The van der Waals surface area contributed by atoms with Gasteiger partial charge in [-0.3, -0.25) is 4.79 Å². The summed E-state index contributed by atoms with van der Waals surface area (Å²) >= 11 is 0. The maximum atomic E-state index is 14.5. The zero-order valence-electron chi connectivity index (χ0n) is 17.6. The van der Waals surface area contributed by atoms with Gasteiger partial charge in [-0.1, -0.05) is 38.1 Å². The molecule has 6 heteroatoms. The van der Waals surface area contributed by atoms with Gasteiger partial charge in [0, 0.05) is 30.7 Å². The van der Waals surface area contributed by atoms with Crippen LogP contribution in [0.2, 0.25) is 0 Å². The van der Waals surface area contributed by atoms with Gasteiger partial charge in [-0.25, -0.2) is 8.78 Å². The van der Waals surface area contributed by atoms with E-state index in [1.165, 1.54) is 29.8 Å². The summed E-state index contributed by atoms with van der Waals surface area (Å²) in [6.45, 7) is 6.27. The van der Waals surface area contributed by atoms with Gasteiger partial charge in [-0.05, 0) is 53.1 Å². The fourth-order valence-corrected chi connectivity index (χ4v) is 3.97. The minimum absolute atomic E-state index is 0.0239. The molecule has 0 atom stereocenters. The topological polar surface area (TPSA) is 53.2 Å². The van der Waals surface area contributed by atoms with Crippen molar-refractivity contribution in [1.82, 2.24) is 5.32 Å². The SMILES string of the molecule is CC1(C)CNCc2cc(NC(=O)c3cccc(F)c3NCc3ccc(F)cc3)ccc21. The molecule has 0 saturated heterocycles. The molecule has 1 aliphatic heterocycles. The largest absolute Gasteiger partial charge is 0.378 e. The van der Waals surface area contributed by atoms with Crippen molar-refractivity contribution in [1.29, 1.82) is 0 Å². The molecule has 1 amide bonds. The molecule has 0 unspecified atom stereocenters. The summed E-state index contributed by atoms with van der Waals surface area (Å²) in [6, 6.07) is 16.2. The number of rotatable bonds is 5. The lowest BCUT2D eigenvalue weighted by molar-refractivity contribution is 0.102. The number of benzene rings is 3. The predicted octanol–water partition coefficient (Wildman–Crippen LogP) is 5.21. The van der Waals surface area contributed by atoms with Crippen LogP contribution in [0, 0.1) is 11.6 Å². The number of nitrogens with one attached hydrogen (secondary N) is 3. The first kappa shape index (κ1) is 21.0. The Morgan fingerprint density at radius 1 is 1.06 bits per heavy atom. The standard InChI is InChI=1S/C25H25F2N3O/c1-25(2)15-28-14-17-12-19(10-11-21(17)25)30-24(31)20-4-3-5-22(27)23(20)29-13-16-6-8-18(26)9-7-16/h3-12,28-29H,13-15H2,1-2H3,(H,30,31). The van der Waals surface area contributed by atoms with Crippen molar-refractivity contribution in [3.63, 3.8) is 0 Å². The van der Waals surface area contributed by atoms with Crippen LogP contribution in [-0.2, 0) is 18.5 Å². The molecule has 4 nitrogen and oxygen atoms in total. The molecule has 31 heavy (non-hydrogen) atoms. The number of amides is 1. The number of hydrogen-bond donors (Lipinski definition) is 3. The maximum absolute atomic E-state index is 14.5. The number of para-hydroxylation sites is 1. The van der Waals surface area contributed by atoms with Crippen LogP contribution in [0.25, 0.3) is 0 Å². The molecule has 0 fully saturated rings. The van der Waals surface area contributed by atoms with E-state index in [9.17, 15) is 13.6 Å². The van der Waals surface area contributed by atoms with Crippen LogP contribution in [0.15, 0.2) is 60.7 Å². The van der Waals surface area contributed by atoms with E-state index in [1.807, 2.05) is 18.2 Å². The minimum atomic E-state index is -0.522. The van der Waals surface area contributed by atoms with E-state index in [-0.39, 0.29) is 29.0 Å². The second kappa shape index (κ2) is 8.47. The summed E-state index contributed by atoms with van der Waals surface area (Å²) in [6.07, 6.45) is 0. The first-order valence-electron chi connectivity index (χ1n) is 10.3. The van der Waals surface area contributed by atoms with Gasteiger partial charge in [0.15, 0.2) is 0 Å². The fourth-order valence-electron chi connectivity index (χ4n) is 3.97. The zero-order chi connectivity index (χ0) is 22.0. The Labute approximate surface area is 180 Å². The molecule has 3 aromatic carbocycles. The molecule has 0 aromatic heterocycles. The van der Waals surface area contributed by atoms with Crippen LogP contribution in [-0.4, -0.2) is 12.5 Å². The summed E-state index contributed by atoms with van der Waals surface area (Å²) in [5, 5.41) is 9.26. The third kappa shape index (κ3) is 4.59. The van der Waals surface area contributed by atoms with E-state index < -0.39 is 11.7 Å². The van der Waals surface area contributed by atoms with E-state index >= 15 is 0 Å². The number of carbonyl (C=O) groups excluding carboxylic acids is 1. The maximum Gasteiger partial charge on any atom is 0.257 e. The van der Waals surface area contributed by atoms with E-state index in [0.29, 0.717) is 5.69 Å². The number of fused-ring (bicyclic) bond motifs is 1. The molecular formula is C25H25F2N3O. The Bertz CT molecular complexity index is 1110. The smallest absolute Gasteiger partial charge is 0.257 e. The third-order valence-corrected chi connectivity index (χ3v) is 5.62. The fraction of sp³-hybridized carbons (Fsp3) is 0.240. The molecule has 0 bridgehead atoms. The van der Waals surface area contributed by atoms with Gasteiger partial charge in [0.05, 0.1) is 11.3 Å². The van der Waals surface area contributed by atoms with E-state index in [4.69, 9.17) is 0 Å². The second-order valence-electron chi connectivity index (χ2n) is 8.46. The summed E-state index contributed by atoms with van der Waals surface area (Å²) in [7, 11) is 0. The molecule has 0 saturated carbocycles. The number of carbonyl (C=O) groups is 1. The first-order chi connectivity index (χ1) is 14.8. The Hall–Kier alpha value is -3.25. The summed E-state index contributed by atoms with van der Waals surface area (Å²) in [5.41, 5.74) is 4.19. The highest BCUT2D eigenvalue weighted by Crippen LogP contribution is 2.31. The van der Waals surface area contributed by atoms with E-state index in [0.717, 1.165) is 24.2 Å². The molecule has 0 spiro atoms. The molecule has 0 aliphatic carbocycles. The van der Waals surface area contributed by atoms with Gasteiger partial charge < -0.3 is 16.0 Å². The van der Waals surface area contributed by atoms with Gasteiger partial charge in [0.2, 0.25) is 0 Å². The highest BCUT2D eigenvalue weighted by Gasteiger charge is 2.27. The highest BCUT2D eigenvalue weighted by atomic mass is 19.1. The average Bonchev–Trinajstić information content (AvgIpc) is 2.73.